The van der Waals surface area contributed by atoms with Gasteiger partial charge >= 0.3 is 6.01 Å². The maximum Gasteiger partial charge on any atom is 0.321 e. The Morgan fingerprint density at radius 1 is 1.43 bits per heavy atom. The van der Waals surface area contributed by atoms with Crippen LogP contribution in [0.2, 0.25) is 0 Å². The predicted molar refractivity (Wildman–Crippen MR) is 55.9 cm³/mol. The largest absolute Gasteiger partial charge is 0.467 e. The van der Waals surface area contributed by atoms with E-state index in [0.29, 0.717) is 11.0 Å². The van der Waals surface area contributed by atoms with Gasteiger partial charge in [-0.15, -0.1) is 0 Å². The highest BCUT2D eigenvalue weighted by molar-refractivity contribution is 8.13. The minimum Gasteiger partial charge on any atom is -0.467 e. The smallest absolute Gasteiger partial charge is 0.321 e. The van der Waals surface area contributed by atoms with Gasteiger partial charge in [0.05, 0.1) is 7.11 Å². The summed E-state index contributed by atoms with van der Waals surface area (Å²) in [5.41, 5.74) is 5.52. The van der Waals surface area contributed by atoms with Gasteiger partial charge in [0.25, 0.3) is 5.95 Å². The lowest BCUT2D eigenvalue weighted by Crippen LogP contribution is -2.06. The summed E-state index contributed by atoms with van der Waals surface area (Å²) in [6, 6.07) is 0.241. The Morgan fingerprint density at radius 2 is 2.14 bits per heavy atom. The van der Waals surface area contributed by atoms with Crippen LogP contribution < -0.4 is 10.5 Å². The second kappa shape index (κ2) is 4.75. The van der Waals surface area contributed by atoms with Gasteiger partial charge in [-0.05, 0) is 13.2 Å². The fourth-order valence-corrected chi connectivity index (χ4v) is 0.902. The van der Waals surface area contributed by atoms with Gasteiger partial charge in [-0.25, -0.2) is 0 Å². The van der Waals surface area contributed by atoms with Gasteiger partial charge in [0.1, 0.15) is 5.82 Å². The highest BCUT2D eigenvalue weighted by atomic mass is 32.2. The van der Waals surface area contributed by atoms with Crippen molar-refractivity contribution in [3.05, 3.63) is 5.82 Å². The summed E-state index contributed by atoms with van der Waals surface area (Å²) >= 11 is 1.33. The SMILES string of the molecule is COc1nc(C)nc(N=C(N)SC)n1. The second-order valence-corrected chi connectivity index (χ2v) is 3.15. The van der Waals surface area contributed by atoms with Crippen molar-refractivity contribution < 1.29 is 4.74 Å². The van der Waals surface area contributed by atoms with Gasteiger partial charge in [-0.2, -0.15) is 19.9 Å². The number of thioether (sulfide) groups is 1. The van der Waals surface area contributed by atoms with Crippen LogP contribution in [-0.2, 0) is 0 Å². The van der Waals surface area contributed by atoms with Crippen molar-refractivity contribution in [2.45, 2.75) is 6.92 Å². The van der Waals surface area contributed by atoms with Gasteiger partial charge in [0.15, 0.2) is 5.17 Å². The molecule has 2 N–H and O–H groups in total. The second-order valence-electron chi connectivity index (χ2n) is 2.32. The summed E-state index contributed by atoms with van der Waals surface area (Å²) in [5.74, 6) is 0.811. The Morgan fingerprint density at radius 3 is 2.71 bits per heavy atom. The number of aliphatic imine (C=N–C) groups is 1. The summed E-state index contributed by atoms with van der Waals surface area (Å²) in [5, 5.41) is 0.401. The summed E-state index contributed by atoms with van der Waals surface area (Å²) in [7, 11) is 1.49. The third-order valence-corrected chi connectivity index (χ3v) is 1.83. The molecule has 0 unspecified atom stereocenters. The van der Waals surface area contributed by atoms with Gasteiger partial charge in [0, 0.05) is 0 Å². The third-order valence-electron chi connectivity index (χ3n) is 1.32. The van der Waals surface area contributed by atoms with Crippen LogP contribution in [0.5, 0.6) is 6.01 Å². The molecule has 0 bridgehead atoms. The van der Waals surface area contributed by atoms with Crippen LogP contribution in [0.3, 0.4) is 0 Å². The van der Waals surface area contributed by atoms with Gasteiger partial charge in [0.2, 0.25) is 0 Å². The van der Waals surface area contributed by atoms with Crippen molar-refractivity contribution in [2.24, 2.45) is 10.7 Å². The molecule has 14 heavy (non-hydrogen) atoms. The fourth-order valence-electron chi connectivity index (χ4n) is 0.729. The number of hydrogen-bond donors (Lipinski definition) is 1. The van der Waals surface area contributed by atoms with Crippen molar-refractivity contribution >= 4 is 22.9 Å². The van der Waals surface area contributed by atoms with E-state index in [0.717, 1.165) is 0 Å². The number of aromatic nitrogens is 3. The molecule has 0 aliphatic heterocycles. The number of nitrogens with zero attached hydrogens (tertiary/aromatic N) is 4. The Hall–Kier alpha value is -1.37. The summed E-state index contributed by atoms with van der Waals surface area (Å²) < 4.78 is 4.87. The first-order chi connectivity index (χ1) is 6.65. The van der Waals surface area contributed by atoms with Crippen molar-refractivity contribution in [3.8, 4) is 6.01 Å². The first-order valence-electron chi connectivity index (χ1n) is 3.80. The number of hydrogen-bond acceptors (Lipinski definition) is 6. The maximum absolute atomic E-state index is 5.52. The third kappa shape index (κ3) is 2.84. The highest BCUT2D eigenvalue weighted by Gasteiger charge is 2.02. The monoisotopic (exact) mass is 213 g/mol. The lowest BCUT2D eigenvalue weighted by molar-refractivity contribution is 0.377. The molecule has 1 rings (SSSR count). The molecule has 0 aromatic carbocycles. The summed E-state index contributed by atoms with van der Waals surface area (Å²) in [6.07, 6.45) is 1.82. The number of ether oxygens (including phenoxy) is 1. The van der Waals surface area contributed by atoms with Crippen LogP contribution in [0.1, 0.15) is 5.82 Å². The van der Waals surface area contributed by atoms with Crippen molar-refractivity contribution in [1.29, 1.82) is 0 Å². The van der Waals surface area contributed by atoms with E-state index in [9.17, 15) is 0 Å². The summed E-state index contributed by atoms with van der Waals surface area (Å²) in [6.45, 7) is 1.73. The van der Waals surface area contributed by atoms with E-state index in [2.05, 4.69) is 19.9 Å². The number of amidine groups is 1. The van der Waals surface area contributed by atoms with Crippen LogP contribution in [0.15, 0.2) is 4.99 Å². The molecule has 76 valence electrons. The molecule has 1 aromatic rings. The molecule has 0 atom stereocenters. The molecule has 0 fully saturated rings. The molecule has 1 aromatic heterocycles. The Balaban J connectivity index is 3.03. The van der Waals surface area contributed by atoms with E-state index in [1.807, 2.05) is 6.26 Å². The molecular formula is C7H11N5OS. The van der Waals surface area contributed by atoms with E-state index in [1.165, 1.54) is 18.9 Å². The van der Waals surface area contributed by atoms with E-state index >= 15 is 0 Å². The van der Waals surface area contributed by atoms with E-state index in [-0.39, 0.29) is 12.0 Å². The van der Waals surface area contributed by atoms with Gasteiger partial charge in [-0.3, -0.25) is 0 Å². The highest BCUT2D eigenvalue weighted by Crippen LogP contribution is 2.10. The summed E-state index contributed by atoms with van der Waals surface area (Å²) in [4.78, 5) is 15.8. The fraction of sp³-hybridized carbons (Fsp3) is 0.429. The normalized spacial score (nSPS) is 11.5. The average Bonchev–Trinajstić information content (AvgIpc) is 2.16. The predicted octanol–water partition coefficient (Wildman–Crippen LogP) is 0.498. The first-order valence-corrected chi connectivity index (χ1v) is 5.03. The molecule has 0 saturated carbocycles. The molecule has 0 spiro atoms. The van der Waals surface area contributed by atoms with Crippen LogP contribution in [0.4, 0.5) is 5.95 Å². The zero-order valence-corrected chi connectivity index (χ0v) is 9.00. The molecule has 0 aliphatic carbocycles. The van der Waals surface area contributed by atoms with Gasteiger partial charge < -0.3 is 10.5 Å². The Labute approximate surface area is 86.0 Å². The van der Waals surface area contributed by atoms with Crippen LogP contribution >= 0.6 is 11.8 Å². The minimum absolute atomic E-state index is 0.241. The van der Waals surface area contributed by atoms with Crippen molar-refractivity contribution in [1.82, 2.24) is 15.0 Å². The van der Waals surface area contributed by atoms with Crippen molar-refractivity contribution in [2.75, 3.05) is 13.4 Å². The standard InChI is InChI=1S/C7H11N5OS/c1-4-9-6(11-5(8)14-3)12-7(10-4)13-2/h1-3H3,(H2,8,9,10,11,12). The van der Waals surface area contributed by atoms with Crippen LogP contribution in [0.25, 0.3) is 0 Å². The topological polar surface area (TPSA) is 86.3 Å². The maximum atomic E-state index is 5.52. The zero-order chi connectivity index (χ0) is 10.6. The molecular weight excluding hydrogens is 202 g/mol. The lowest BCUT2D eigenvalue weighted by atomic mass is 10.7. The van der Waals surface area contributed by atoms with E-state index in [4.69, 9.17) is 10.5 Å². The minimum atomic E-state index is 0.241. The first kappa shape index (κ1) is 10.7. The molecule has 7 heteroatoms. The Bertz CT molecular complexity index is 354. The van der Waals surface area contributed by atoms with Gasteiger partial charge in [-0.1, -0.05) is 11.8 Å². The lowest BCUT2D eigenvalue weighted by Gasteiger charge is -2.00. The molecule has 0 amide bonds. The molecule has 0 saturated heterocycles. The van der Waals surface area contributed by atoms with E-state index < -0.39 is 0 Å². The molecule has 6 nitrogen and oxygen atoms in total. The molecule has 1 heterocycles. The number of methoxy groups -OCH3 is 1. The Kier molecular flexibility index (Phi) is 3.63. The van der Waals surface area contributed by atoms with Crippen LogP contribution in [-0.4, -0.2) is 33.5 Å². The number of rotatable bonds is 2. The average molecular weight is 213 g/mol. The number of aryl methyl sites for hydroxylation is 1. The number of nitrogens with two attached hydrogens (primary N) is 1. The van der Waals surface area contributed by atoms with Crippen LogP contribution in [0, 0.1) is 6.92 Å². The quantitative estimate of drug-likeness (QED) is 0.568. The van der Waals surface area contributed by atoms with Crippen molar-refractivity contribution in [3.63, 3.8) is 0 Å². The van der Waals surface area contributed by atoms with E-state index in [1.54, 1.807) is 6.92 Å². The molecule has 0 aliphatic rings. The zero-order valence-electron chi connectivity index (χ0n) is 8.18. The molecule has 0 radical (unpaired) electrons.